The highest BCUT2D eigenvalue weighted by molar-refractivity contribution is 6.03. The lowest BCUT2D eigenvalue weighted by Gasteiger charge is -2.13. The maximum atomic E-state index is 3.69. The first-order chi connectivity index (χ1) is 19.4. The minimum absolute atomic E-state index is 0. The summed E-state index contributed by atoms with van der Waals surface area (Å²) in [5.74, 6) is 0. The second-order valence-electron chi connectivity index (χ2n) is 10.4. The average Bonchev–Trinajstić information content (AvgIpc) is 2.98. The molecule has 0 fully saturated rings. The SMILES string of the molecule is Cl.Cl.Cl.c1ccc2c(CNCCCNCCCNCc3c4ccccc4cc4ccccc34)c3ccccc3cc2c1. The van der Waals surface area contributed by atoms with Crippen molar-refractivity contribution in [1.29, 1.82) is 0 Å². The molecule has 0 aromatic heterocycles. The van der Waals surface area contributed by atoms with Crippen LogP contribution in [0.3, 0.4) is 0 Å². The molecule has 220 valence electrons. The highest BCUT2D eigenvalue weighted by Gasteiger charge is 2.08. The molecule has 42 heavy (non-hydrogen) atoms. The Balaban J connectivity index is 0.00000161. The van der Waals surface area contributed by atoms with Gasteiger partial charge in [0, 0.05) is 13.1 Å². The Morgan fingerprint density at radius 2 is 0.643 bits per heavy atom. The van der Waals surface area contributed by atoms with Crippen LogP contribution in [0.2, 0.25) is 0 Å². The first-order valence-corrected chi connectivity index (χ1v) is 14.3. The number of hydrogen-bond donors (Lipinski definition) is 3. The molecule has 0 spiro atoms. The number of benzene rings is 6. The lowest BCUT2D eigenvalue weighted by Crippen LogP contribution is -2.25. The molecular weight excluding hydrogens is 581 g/mol. The van der Waals surface area contributed by atoms with E-state index in [1.165, 1.54) is 54.2 Å². The van der Waals surface area contributed by atoms with E-state index in [1.807, 2.05) is 0 Å². The molecule has 3 N–H and O–H groups in total. The summed E-state index contributed by atoms with van der Waals surface area (Å²) in [6.07, 6.45) is 2.25. The molecule has 0 aliphatic heterocycles. The zero-order valence-electron chi connectivity index (χ0n) is 23.8. The molecule has 0 amide bonds. The van der Waals surface area contributed by atoms with Gasteiger partial charge in [-0.1, -0.05) is 97.1 Å². The third kappa shape index (κ3) is 7.73. The lowest BCUT2D eigenvalue weighted by atomic mass is 9.97. The molecule has 6 heteroatoms. The molecular formula is C36H40Cl3N3. The fourth-order valence-electron chi connectivity index (χ4n) is 5.83. The van der Waals surface area contributed by atoms with Crippen molar-refractivity contribution in [3.05, 3.63) is 120 Å². The van der Waals surface area contributed by atoms with Gasteiger partial charge in [0.15, 0.2) is 0 Å². The topological polar surface area (TPSA) is 36.1 Å². The summed E-state index contributed by atoms with van der Waals surface area (Å²) in [5, 5.41) is 21.7. The van der Waals surface area contributed by atoms with Gasteiger partial charge in [0.1, 0.15) is 0 Å². The fraction of sp³-hybridized carbons (Fsp3) is 0.222. The lowest BCUT2D eigenvalue weighted by molar-refractivity contribution is 0.566. The Hall–Kier alpha value is -2.89. The van der Waals surface area contributed by atoms with Gasteiger partial charge in [-0.3, -0.25) is 0 Å². The minimum atomic E-state index is 0. The summed E-state index contributed by atoms with van der Waals surface area (Å²) in [4.78, 5) is 0. The quantitative estimate of drug-likeness (QED) is 0.0945. The molecule has 0 heterocycles. The van der Waals surface area contributed by atoms with Crippen molar-refractivity contribution in [3.8, 4) is 0 Å². The standard InChI is InChI=1S/C36H37N3.3ClH/c1-5-15-31-27(11-1)23-28-12-2-6-16-32(28)35(31)25-38-21-9-19-37-20-10-22-39-26-36-33-17-7-3-13-29(33)24-30-14-4-8-18-34(30)36;;;/h1-8,11-18,23-24,37-39H,9-10,19-22,25-26H2;3*1H. The predicted molar refractivity (Wildman–Crippen MR) is 190 cm³/mol. The first kappa shape index (κ1) is 33.6. The smallest absolute Gasteiger partial charge is 0.0217 e. The van der Waals surface area contributed by atoms with Gasteiger partial charge in [0.05, 0.1) is 0 Å². The molecule has 0 saturated heterocycles. The van der Waals surface area contributed by atoms with Gasteiger partial charge in [-0.15, -0.1) is 37.2 Å². The van der Waals surface area contributed by atoms with Gasteiger partial charge < -0.3 is 16.0 Å². The van der Waals surface area contributed by atoms with Crippen LogP contribution in [0, 0.1) is 0 Å². The van der Waals surface area contributed by atoms with E-state index in [0.717, 1.165) is 52.1 Å². The van der Waals surface area contributed by atoms with Crippen molar-refractivity contribution >= 4 is 80.3 Å². The van der Waals surface area contributed by atoms with Crippen molar-refractivity contribution in [3.63, 3.8) is 0 Å². The largest absolute Gasteiger partial charge is 0.317 e. The van der Waals surface area contributed by atoms with E-state index in [1.54, 1.807) is 0 Å². The maximum absolute atomic E-state index is 3.69. The second kappa shape index (κ2) is 16.7. The molecule has 6 aromatic carbocycles. The van der Waals surface area contributed by atoms with Crippen molar-refractivity contribution in [2.45, 2.75) is 25.9 Å². The summed E-state index contributed by atoms with van der Waals surface area (Å²) in [5.41, 5.74) is 2.81. The van der Waals surface area contributed by atoms with Gasteiger partial charge in [0.25, 0.3) is 0 Å². The van der Waals surface area contributed by atoms with Gasteiger partial charge in [-0.25, -0.2) is 0 Å². The van der Waals surface area contributed by atoms with Crippen LogP contribution in [0.25, 0.3) is 43.1 Å². The van der Waals surface area contributed by atoms with Crippen molar-refractivity contribution in [2.24, 2.45) is 0 Å². The van der Waals surface area contributed by atoms with E-state index in [9.17, 15) is 0 Å². The molecule has 0 atom stereocenters. The summed E-state index contributed by atoms with van der Waals surface area (Å²) in [6, 6.07) is 39.5. The maximum Gasteiger partial charge on any atom is 0.0217 e. The summed E-state index contributed by atoms with van der Waals surface area (Å²) in [6.45, 7) is 5.89. The van der Waals surface area contributed by atoms with E-state index in [2.05, 4.69) is 125 Å². The third-order valence-electron chi connectivity index (χ3n) is 7.78. The molecule has 0 unspecified atom stereocenters. The van der Waals surface area contributed by atoms with Crippen LogP contribution < -0.4 is 16.0 Å². The molecule has 0 radical (unpaired) electrons. The summed E-state index contributed by atoms with van der Waals surface area (Å²) in [7, 11) is 0. The Morgan fingerprint density at radius 1 is 0.357 bits per heavy atom. The van der Waals surface area contributed by atoms with E-state index >= 15 is 0 Å². The number of halogens is 3. The van der Waals surface area contributed by atoms with Crippen molar-refractivity contribution in [2.75, 3.05) is 26.2 Å². The van der Waals surface area contributed by atoms with Gasteiger partial charge >= 0.3 is 0 Å². The Kier molecular flexibility index (Phi) is 13.3. The van der Waals surface area contributed by atoms with E-state index in [4.69, 9.17) is 0 Å². The van der Waals surface area contributed by atoms with Crippen molar-refractivity contribution < 1.29 is 0 Å². The normalized spacial score (nSPS) is 10.9. The highest BCUT2D eigenvalue weighted by atomic mass is 35.5. The highest BCUT2D eigenvalue weighted by Crippen LogP contribution is 2.29. The second-order valence-corrected chi connectivity index (χ2v) is 10.4. The van der Waals surface area contributed by atoms with E-state index in [0.29, 0.717) is 0 Å². The number of fused-ring (bicyclic) bond motifs is 4. The Labute approximate surface area is 267 Å². The van der Waals surface area contributed by atoms with Crippen LogP contribution >= 0.6 is 37.2 Å². The molecule has 0 bridgehead atoms. The van der Waals surface area contributed by atoms with Crippen LogP contribution in [-0.2, 0) is 13.1 Å². The van der Waals surface area contributed by atoms with Gasteiger partial charge in [-0.05, 0) is 105 Å². The molecule has 3 nitrogen and oxygen atoms in total. The molecule has 0 aliphatic rings. The fourth-order valence-corrected chi connectivity index (χ4v) is 5.83. The molecule has 6 rings (SSSR count). The third-order valence-corrected chi connectivity index (χ3v) is 7.78. The molecule has 0 aliphatic carbocycles. The number of hydrogen-bond acceptors (Lipinski definition) is 3. The first-order valence-electron chi connectivity index (χ1n) is 14.3. The van der Waals surface area contributed by atoms with E-state index in [-0.39, 0.29) is 37.2 Å². The zero-order valence-corrected chi connectivity index (χ0v) is 26.2. The van der Waals surface area contributed by atoms with Crippen LogP contribution in [0.15, 0.2) is 109 Å². The van der Waals surface area contributed by atoms with E-state index < -0.39 is 0 Å². The zero-order chi connectivity index (χ0) is 26.3. The number of nitrogens with one attached hydrogen (secondary N) is 3. The van der Waals surface area contributed by atoms with Gasteiger partial charge in [0.2, 0.25) is 0 Å². The van der Waals surface area contributed by atoms with Crippen LogP contribution in [0.1, 0.15) is 24.0 Å². The summed E-state index contributed by atoms with van der Waals surface area (Å²) < 4.78 is 0. The number of rotatable bonds is 12. The van der Waals surface area contributed by atoms with Crippen molar-refractivity contribution in [1.82, 2.24) is 16.0 Å². The monoisotopic (exact) mass is 619 g/mol. The minimum Gasteiger partial charge on any atom is -0.317 e. The van der Waals surface area contributed by atoms with Crippen LogP contribution in [0.4, 0.5) is 0 Å². The predicted octanol–water partition coefficient (Wildman–Crippen LogP) is 8.81. The van der Waals surface area contributed by atoms with Gasteiger partial charge in [-0.2, -0.15) is 0 Å². The van der Waals surface area contributed by atoms with Crippen LogP contribution in [-0.4, -0.2) is 26.2 Å². The summed E-state index contributed by atoms with van der Waals surface area (Å²) >= 11 is 0. The molecule has 0 saturated carbocycles. The average molecular weight is 621 g/mol. The molecule has 6 aromatic rings. The Bertz CT molecular complexity index is 1490. The Morgan fingerprint density at radius 3 is 0.976 bits per heavy atom. The van der Waals surface area contributed by atoms with Crippen LogP contribution in [0.5, 0.6) is 0 Å².